The van der Waals surface area contributed by atoms with E-state index in [-0.39, 0.29) is 18.3 Å². The molecule has 4 amide bonds. The van der Waals surface area contributed by atoms with Gasteiger partial charge in [0.2, 0.25) is 24.1 Å². The van der Waals surface area contributed by atoms with E-state index in [4.69, 9.17) is 4.74 Å². The maximum Gasteiger partial charge on any atom is 0.328 e. The minimum absolute atomic E-state index is 0.0533. The van der Waals surface area contributed by atoms with Gasteiger partial charge in [0.05, 0.1) is 7.11 Å². The minimum atomic E-state index is -0.938. The summed E-state index contributed by atoms with van der Waals surface area (Å²) in [5, 5.41) is 10.8. The van der Waals surface area contributed by atoms with E-state index < -0.39 is 47.9 Å². The van der Waals surface area contributed by atoms with Crippen LogP contribution in [0.5, 0.6) is 0 Å². The molecule has 1 aromatic carbocycles. The van der Waals surface area contributed by atoms with Gasteiger partial charge in [0.25, 0.3) is 0 Å². The Kier molecular flexibility index (Phi) is 15.9. The molecule has 0 saturated heterocycles. The SMILES string of the molecule is COC(=O)[C@H](Cc1ccccc1)NC(=O)[C@H](CC(C)C)NC(=O)[C@H](CC(C)C)NC(=O)[C@H](CCSC)NC=O. The molecule has 0 aliphatic rings. The second-order valence-corrected chi connectivity index (χ2v) is 11.3. The number of carbonyl (C=O) groups excluding carboxylic acids is 5. The molecule has 0 heterocycles. The Labute approximate surface area is 236 Å². The minimum Gasteiger partial charge on any atom is -0.467 e. The van der Waals surface area contributed by atoms with Gasteiger partial charge in [-0.15, -0.1) is 0 Å². The molecule has 11 heteroatoms. The van der Waals surface area contributed by atoms with Gasteiger partial charge in [-0.2, -0.15) is 11.8 Å². The molecule has 39 heavy (non-hydrogen) atoms. The molecule has 0 radical (unpaired) electrons. The van der Waals surface area contributed by atoms with Crippen LogP contribution in [0, 0.1) is 11.8 Å². The number of methoxy groups -OCH3 is 1. The highest BCUT2D eigenvalue weighted by Gasteiger charge is 2.32. The lowest BCUT2D eigenvalue weighted by Crippen LogP contribution is -2.58. The van der Waals surface area contributed by atoms with Crippen LogP contribution < -0.4 is 21.3 Å². The number of carbonyl (C=O) groups is 5. The molecule has 0 saturated carbocycles. The Morgan fingerprint density at radius 1 is 0.821 bits per heavy atom. The van der Waals surface area contributed by atoms with Crippen molar-refractivity contribution in [3.8, 4) is 0 Å². The van der Waals surface area contributed by atoms with Crippen LogP contribution in [0.4, 0.5) is 0 Å². The molecule has 0 aromatic heterocycles. The smallest absolute Gasteiger partial charge is 0.328 e. The molecule has 1 rings (SSSR count). The van der Waals surface area contributed by atoms with Gasteiger partial charge >= 0.3 is 5.97 Å². The van der Waals surface area contributed by atoms with Crippen LogP contribution in [-0.2, 0) is 35.1 Å². The van der Waals surface area contributed by atoms with Gasteiger partial charge in [-0.25, -0.2) is 4.79 Å². The van der Waals surface area contributed by atoms with Gasteiger partial charge in [0, 0.05) is 6.42 Å². The third kappa shape index (κ3) is 13.0. The van der Waals surface area contributed by atoms with Crippen LogP contribution in [0.2, 0.25) is 0 Å². The van der Waals surface area contributed by atoms with E-state index in [1.54, 1.807) is 11.8 Å². The van der Waals surface area contributed by atoms with E-state index in [1.165, 1.54) is 7.11 Å². The number of esters is 1. The first-order chi connectivity index (χ1) is 18.5. The van der Waals surface area contributed by atoms with Crippen LogP contribution in [0.1, 0.15) is 52.5 Å². The molecule has 0 bridgehead atoms. The molecule has 0 fully saturated rings. The maximum absolute atomic E-state index is 13.4. The summed E-state index contributed by atoms with van der Waals surface area (Å²) >= 11 is 1.54. The molecule has 4 N–H and O–H groups in total. The normalized spacial score (nSPS) is 14.1. The van der Waals surface area contributed by atoms with Crippen molar-refractivity contribution in [3.63, 3.8) is 0 Å². The molecule has 1 aromatic rings. The number of benzene rings is 1. The van der Waals surface area contributed by atoms with Crippen LogP contribution in [0.25, 0.3) is 0 Å². The Morgan fingerprint density at radius 2 is 1.31 bits per heavy atom. The molecule has 0 aliphatic carbocycles. The van der Waals surface area contributed by atoms with Crippen molar-refractivity contribution < 1.29 is 28.7 Å². The van der Waals surface area contributed by atoms with Crippen molar-refractivity contribution >= 4 is 41.9 Å². The monoisotopic (exact) mass is 564 g/mol. The van der Waals surface area contributed by atoms with Crippen molar-refractivity contribution in [1.29, 1.82) is 0 Å². The fourth-order valence-electron chi connectivity index (χ4n) is 4.02. The van der Waals surface area contributed by atoms with Crippen molar-refractivity contribution in [2.24, 2.45) is 11.8 Å². The number of ether oxygens (including phenoxy) is 1. The third-order valence-corrected chi connectivity index (χ3v) is 6.61. The second-order valence-electron chi connectivity index (χ2n) is 10.3. The lowest BCUT2D eigenvalue weighted by Gasteiger charge is -2.27. The predicted octanol–water partition coefficient (Wildman–Crippen LogP) is 1.82. The van der Waals surface area contributed by atoms with Crippen molar-refractivity contribution in [2.45, 2.75) is 77.5 Å². The maximum atomic E-state index is 13.4. The summed E-state index contributed by atoms with van der Waals surface area (Å²) < 4.78 is 4.90. The molecule has 218 valence electrons. The first-order valence-corrected chi connectivity index (χ1v) is 14.6. The Morgan fingerprint density at radius 3 is 1.74 bits per heavy atom. The van der Waals surface area contributed by atoms with Crippen LogP contribution >= 0.6 is 11.8 Å². The van der Waals surface area contributed by atoms with Crippen molar-refractivity contribution in [1.82, 2.24) is 21.3 Å². The fraction of sp³-hybridized carbons (Fsp3) is 0.607. The van der Waals surface area contributed by atoms with Gasteiger partial charge in [-0.3, -0.25) is 19.2 Å². The Balaban J connectivity index is 3.08. The lowest BCUT2D eigenvalue weighted by molar-refractivity contribution is -0.145. The average Bonchev–Trinajstić information content (AvgIpc) is 2.89. The lowest BCUT2D eigenvalue weighted by atomic mass is 9.99. The fourth-order valence-corrected chi connectivity index (χ4v) is 4.49. The quantitative estimate of drug-likeness (QED) is 0.157. The molecule has 0 aliphatic heterocycles. The van der Waals surface area contributed by atoms with Crippen LogP contribution in [0.3, 0.4) is 0 Å². The van der Waals surface area contributed by atoms with E-state index in [9.17, 15) is 24.0 Å². The summed E-state index contributed by atoms with van der Waals surface area (Å²) in [6.07, 6.45) is 3.67. The molecular weight excluding hydrogens is 520 g/mol. The average molecular weight is 565 g/mol. The van der Waals surface area contributed by atoms with E-state index in [1.807, 2.05) is 64.3 Å². The van der Waals surface area contributed by atoms with E-state index in [2.05, 4.69) is 21.3 Å². The zero-order chi connectivity index (χ0) is 29.4. The number of amides is 4. The summed E-state index contributed by atoms with van der Waals surface area (Å²) in [6.45, 7) is 7.68. The summed E-state index contributed by atoms with van der Waals surface area (Å²) in [6, 6.07) is 5.68. The molecule has 4 atom stereocenters. The van der Waals surface area contributed by atoms with Crippen molar-refractivity contribution in [2.75, 3.05) is 19.1 Å². The van der Waals surface area contributed by atoms with Crippen LogP contribution in [0.15, 0.2) is 30.3 Å². The topological polar surface area (TPSA) is 143 Å². The van der Waals surface area contributed by atoms with Gasteiger partial charge < -0.3 is 26.0 Å². The molecule has 10 nitrogen and oxygen atoms in total. The van der Waals surface area contributed by atoms with Gasteiger partial charge in [-0.05, 0) is 48.7 Å². The van der Waals surface area contributed by atoms with Gasteiger partial charge in [0.15, 0.2) is 0 Å². The number of nitrogens with one attached hydrogen (secondary N) is 4. The molecule has 0 spiro atoms. The van der Waals surface area contributed by atoms with E-state index in [0.717, 1.165) is 5.56 Å². The highest BCUT2D eigenvalue weighted by atomic mass is 32.2. The first kappa shape index (κ1) is 33.9. The number of hydrogen-bond acceptors (Lipinski definition) is 7. The largest absolute Gasteiger partial charge is 0.467 e. The standard InChI is InChI=1S/C28H44N4O6S/c1-18(2)14-22(30-25(34)21(29-17-33)12-13-39-6)26(35)31-23(15-19(3)4)27(36)32-24(28(37)38-5)16-20-10-8-7-9-11-20/h7-11,17-19,21-24H,12-16H2,1-6H3,(H,29,33)(H,30,34)(H,31,35)(H,32,36)/t21-,22-,23-,24-/m0/s1. The third-order valence-electron chi connectivity index (χ3n) is 5.96. The highest BCUT2D eigenvalue weighted by molar-refractivity contribution is 7.98. The summed E-state index contributed by atoms with van der Waals surface area (Å²) in [5.41, 5.74) is 0.845. The number of thioether (sulfide) groups is 1. The van der Waals surface area contributed by atoms with E-state index >= 15 is 0 Å². The Bertz CT molecular complexity index is 928. The Hall–Kier alpha value is -3.08. The zero-order valence-corrected chi connectivity index (χ0v) is 24.6. The zero-order valence-electron chi connectivity index (χ0n) is 23.8. The summed E-state index contributed by atoms with van der Waals surface area (Å²) in [5.74, 6) is -1.31. The molecular formula is C28H44N4O6S. The molecule has 0 unspecified atom stereocenters. The number of hydrogen-bond donors (Lipinski definition) is 4. The number of rotatable bonds is 18. The first-order valence-electron chi connectivity index (χ1n) is 13.2. The predicted molar refractivity (Wildman–Crippen MR) is 153 cm³/mol. The van der Waals surface area contributed by atoms with Crippen molar-refractivity contribution in [3.05, 3.63) is 35.9 Å². The van der Waals surface area contributed by atoms with Gasteiger partial charge in [-0.1, -0.05) is 58.0 Å². The summed E-state index contributed by atoms with van der Waals surface area (Å²) in [4.78, 5) is 63.1. The van der Waals surface area contributed by atoms with Gasteiger partial charge in [0.1, 0.15) is 24.2 Å². The second kappa shape index (κ2) is 18.3. The summed E-state index contributed by atoms with van der Waals surface area (Å²) in [7, 11) is 1.25. The van der Waals surface area contributed by atoms with E-state index in [0.29, 0.717) is 31.4 Å². The highest BCUT2D eigenvalue weighted by Crippen LogP contribution is 2.11. The van der Waals surface area contributed by atoms with Crippen LogP contribution in [-0.4, -0.2) is 73.4 Å².